The van der Waals surface area contributed by atoms with E-state index in [1.807, 2.05) is 44.2 Å². The van der Waals surface area contributed by atoms with Crippen molar-refractivity contribution in [1.82, 2.24) is 15.0 Å². The van der Waals surface area contributed by atoms with Crippen LogP contribution >= 0.6 is 0 Å². The van der Waals surface area contributed by atoms with Crippen LogP contribution in [0.15, 0.2) is 55.0 Å². The zero-order chi connectivity index (χ0) is 22.7. The van der Waals surface area contributed by atoms with Crippen molar-refractivity contribution in [3.05, 3.63) is 72.1 Å². The maximum Gasteiger partial charge on any atom is 0.245 e. The van der Waals surface area contributed by atoms with E-state index in [2.05, 4.69) is 15.0 Å². The van der Waals surface area contributed by atoms with E-state index in [4.69, 9.17) is 15.3 Å². The van der Waals surface area contributed by atoms with E-state index in [0.717, 1.165) is 22.7 Å². The summed E-state index contributed by atoms with van der Waals surface area (Å²) in [6, 6.07) is 11.6. The number of hydrogen-bond donors (Lipinski definition) is 1. The van der Waals surface area contributed by atoms with Crippen molar-refractivity contribution < 1.29 is 14.3 Å². The van der Waals surface area contributed by atoms with Gasteiger partial charge in [0, 0.05) is 11.5 Å². The Morgan fingerprint density at radius 2 is 2.03 bits per heavy atom. The number of pyridine rings is 1. The molecule has 8 nitrogen and oxygen atoms in total. The first-order valence-electron chi connectivity index (χ1n) is 10.6. The van der Waals surface area contributed by atoms with Gasteiger partial charge in [-0.05, 0) is 25.3 Å². The number of rotatable bonds is 8. The number of nitrogens with two attached hydrogens (primary N) is 1. The highest BCUT2D eigenvalue weighted by Gasteiger charge is 2.61. The third-order valence-corrected chi connectivity index (χ3v) is 5.94. The van der Waals surface area contributed by atoms with Gasteiger partial charge in [-0.25, -0.2) is 20.8 Å². The van der Waals surface area contributed by atoms with E-state index in [0.29, 0.717) is 36.0 Å². The molecule has 1 aliphatic rings. The van der Waals surface area contributed by atoms with E-state index in [-0.39, 0.29) is 11.8 Å². The van der Waals surface area contributed by atoms with Gasteiger partial charge in [0.25, 0.3) is 0 Å². The van der Waals surface area contributed by atoms with Crippen LogP contribution in [0.2, 0.25) is 0 Å². The van der Waals surface area contributed by atoms with Gasteiger partial charge in [0.05, 0.1) is 49.6 Å². The molecule has 4 rings (SSSR count). The number of hydrogen-bond acceptors (Lipinski definition) is 7. The number of aryl methyl sites for hydroxylation is 2. The van der Waals surface area contributed by atoms with Crippen molar-refractivity contribution >= 4 is 11.6 Å². The van der Waals surface area contributed by atoms with Gasteiger partial charge >= 0.3 is 0 Å². The fourth-order valence-electron chi connectivity index (χ4n) is 3.99. The summed E-state index contributed by atoms with van der Waals surface area (Å²) in [5.41, 5.74) is 1.90. The lowest BCUT2D eigenvalue weighted by Gasteiger charge is -2.22. The zero-order valence-corrected chi connectivity index (χ0v) is 18.5. The van der Waals surface area contributed by atoms with Gasteiger partial charge in [-0.3, -0.25) is 9.78 Å². The summed E-state index contributed by atoms with van der Waals surface area (Å²) in [7, 11) is 1.54. The fraction of sp³-hybridized carbons (Fsp3) is 0.333. The SMILES string of the molecule is CCc1nc(C)ncc1OC[C@@]1(c2ccccc2)C[C@H]1C(=O)N(N)c1cncc(OC)c1. The van der Waals surface area contributed by atoms with E-state index < -0.39 is 5.41 Å². The average Bonchev–Trinajstić information content (AvgIpc) is 3.58. The fourth-order valence-corrected chi connectivity index (χ4v) is 3.99. The van der Waals surface area contributed by atoms with Gasteiger partial charge in [0.15, 0.2) is 5.75 Å². The van der Waals surface area contributed by atoms with E-state index in [1.54, 1.807) is 31.8 Å². The average molecular weight is 434 g/mol. The molecule has 0 spiro atoms. The Morgan fingerprint density at radius 1 is 1.25 bits per heavy atom. The van der Waals surface area contributed by atoms with Gasteiger partial charge in [0.2, 0.25) is 5.91 Å². The predicted molar refractivity (Wildman–Crippen MR) is 120 cm³/mol. The Morgan fingerprint density at radius 3 is 2.75 bits per heavy atom. The molecular formula is C24H27N5O3. The van der Waals surface area contributed by atoms with Crippen LogP contribution in [0.25, 0.3) is 0 Å². The molecule has 0 radical (unpaired) electrons. The quantitative estimate of drug-likeness (QED) is 0.331. The number of amides is 1. The number of methoxy groups -OCH3 is 1. The molecule has 2 aromatic heterocycles. The summed E-state index contributed by atoms with van der Waals surface area (Å²) in [6.07, 6.45) is 6.18. The Bertz CT molecular complexity index is 1110. The molecular weight excluding hydrogens is 406 g/mol. The zero-order valence-electron chi connectivity index (χ0n) is 18.5. The minimum atomic E-state index is -0.474. The number of aromatic nitrogens is 3. The van der Waals surface area contributed by atoms with Gasteiger partial charge in [-0.2, -0.15) is 0 Å². The van der Waals surface area contributed by atoms with Gasteiger partial charge in [-0.1, -0.05) is 37.3 Å². The largest absolute Gasteiger partial charge is 0.495 e. The first-order chi connectivity index (χ1) is 15.5. The molecule has 2 atom stereocenters. The van der Waals surface area contributed by atoms with Crippen molar-refractivity contribution in [2.75, 3.05) is 18.7 Å². The molecule has 0 aliphatic heterocycles. The number of nitrogens with zero attached hydrogens (tertiary/aromatic N) is 4. The maximum atomic E-state index is 13.3. The highest BCUT2D eigenvalue weighted by atomic mass is 16.5. The minimum Gasteiger partial charge on any atom is -0.495 e. The second-order valence-electron chi connectivity index (χ2n) is 7.94. The van der Waals surface area contributed by atoms with Crippen molar-refractivity contribution in [2.45, 2.75) is 32.1 Å². The second kappa shape index (κ2) is 8.92. The molecule has 3 aromatic rings. The first kappa shape index (κ1) is 21.7. The van der Waals surface area contributed by atoms with Crippen LogP contribution in [0.1, 0.15) is 30.4 Å². The topological polar surface area (TPSA) is 103 Å². The van der Waals surface area contributed by atoms with Gasteiger partial charge in [-0.15, -0.1) is 0 Å². The Balaban J connectivity index is 1.58. The molecule has 8 heteroatoms. The summed E-state index contributed by atoms with van der Waals surface area (Å²) in [6.45, 7) is 4.21. The molecule has 1 aromatic carbocycles. The van der Waals surface area contributed by atoms with E-state index in [1.165, 1.54) is 0 Å². The number of benzene rings is 1. The lowest BCUT2D eigenvalue weighted by atomic mass is 9.93. The van der Waals surface area contributed by atoms with Gasteiger partial charge in [0.1, 0.15) is 11.6 Å². The van der Waals surface area contributed by atoms with Crippen molar-refractivity contribution in [1.29, 1.82) is 0 Å². The van der Waals surface area contributed by atoms with Crippen LogP contribution in [0.4, 0.5) is 5.69 Å². The summed E-state index contributed by atoms with van der Waals surface area (Å²) in [5.74, 6) is 7.57. The number of carbonyl (C=O) groups excluding carboxylic acids is 1. The van der Waals surface area contributed by atoms with Crippen molar-refractivity contribution in [2.24, 2.45) is 11.8 Å². The Labute approximate surface area is 187 Å². The predicted octanol–water partition coefficient (Wildman–Crippen LogP) is 2.99. The lowest BCUT2D eigenvalue weighted by Crippen LogP contribution is -2.41. The normalized spacial score (nSPS) is 19.3. The van der Waals surface area contributed by atoms with Gasteiger partial charge < -0.3 is 9.47 Å². The van der Waals surface area contributed by atoms with E-state index >= 15 is 0 Å². The number of hydrazine groups is 1. The molecule has 166 valence electrons. The number of carbonyl (C=O) groups is 1. The highest BCUT2D eigenvalue weighted by molar-refractivity contribution is 5.97. The summed E-state index contributed by atoms with van der Waals surface area (Å²) >= 11 is 0. The molecule has 1 aliphatic carbocycles. The van der Waals surface area contributed by atoms with Crippen LogP contribution in [-0.2, 0) is 16.6 Å². The third kappa shape index (κ3) is 4.13. The molecule has 0 unspecified atom stereocenters. The molecule has 1 saturated carbocycles. The molecule has 0 saturated heterocycles. The molecule has 32 heavy (non-hydrogen) atoms. The third-order valence-electron chi connectivity index (χ3n) is 5.94. The maximum absolute atomic E-state index is 13.3. The first-order valence-corrected chi connectivity index (χ1v) is 10.6. The number of anilines is 1. The van der Waals surface area contributed by atoms with Crippen LogP contribution in [-0.4, -0.2) is 34.6 Å². The van der Waals surface area contributed by atoms with Crippen molar-refractivity contribution in [3.63, 3.8) is 0 Å². The molecule has 1 fully saturated rings. The van der Waals surface area contributed by atoms with Crippen LogP contribution < -0.4 is 20.3 Å². The monoisotopic (exact) mass is 433 g/mol. The Kier molecular flexibility index (Phi) is 6.05. The summed E-state index contributed by atoms with van der Waals surface area (Å²) in [4.78, 5) is 26.2. The minimum absolute atomic E-state index is 0.191. The highest BCUT2D eigenvalue weighted by Crippen LogP contribution is 2.55. The van der Waals surface area contributed by atoms with Crippen LogP contribution in [0.5, 0.6) is 11.5 Å². The van der Waals surface area contributed by atoms with E-state index in [9.17, 15) is 4.79 Å². The van der Waals surface area contributed by atoms with Crippen LogP contribution in [0.3, 0.4) is 0 Å². The molecule has 0 bridgehead atoms. The second-order valence-corrected chi connectivity index (χ2v) is 7.94. The summed E-state index contributed by atoms with van der Waals surface area (Å²) in [5, 5.41) is 1.15. The lowest BCUT2D eigenvalue weighted by molar-refractivity contribution is -0.120. The van der Waals surface area contributed by atoms with Crippen LogP contribution in [0, 0.1) is 12.8 Å². The standard InChI is InChI=1S/C24H27N5O3/c1-4-21-22(14-27-16(2)28-21)32-15-24(17-8-6-5-7-9-17)11-20(24)23(30)29(25)18-10-19(31-3)13-26-12-18/h5-10,12-14,20H,4,11,15,25H2,1-3H3/t20-,24+/m0/s1. The summed E-state index contributed by atoms with van der Waals surface area (Å²) < 4.78 is 11.4. The molecule has 2 heterocycles. The number of ether oxygens (including phenoxy) is 2. The van der Waals surface area contributed by atoms with Crippen molar-refractivity contribution in [3.8, 4) is 11.5 Å². The molecule has 1 amide bonds. The molecule has 2 N–H and O–H groups in total. The Hall–Kier alpha value is -3.52. The smallest absolute Gasteiger partial charge is 0.245 e.